The zero-order chi connectivity index (χ0) is 42.2. The molecule has 10 aromatic rings. The second-order valence-electron chi connectivity index (χ2n) is 15.8. The molecule has 0 saturated heterocycles. The average molecular weight is 804 g/mol. The third-order valence-electron chi connectivity index (χ3n) is 11.8. The maximum absolute atomic E-state index is 2.32. The van der Waals surface area contributed by atoms with Crippen LogP contribution in [0.5, 0.6) is 0 Å². The highest BCUT2D eigenvalue weighted by molar-refractivity contribution is 5.93. The van der Waals surface area contributed by atoms with Gasteiger partial charge in [-0.2, -0.15) is 0 Å². The molecule has 0 heterocycles. The summed E-state index contributed by atoms with van der Waals surface area (Å²) in [6.45, 7) is 0. The molecule has 0 bridgehead atoms. The third kappa shape index (κ3) is 8.82. The first-order valence-electron chi connectivity index (χ1n) is 21.6. The van der Waals surface area contributed by atoms with Crippen molar-refractivity contribution >= 4 is 28.7 Å². The van der Waals surface area contributed by atoms with Crippen molar-refractivity contribution in [2.45, 2.75) is 0 Å². The molecule has 0 radical (unpaired) electrons. The molecule has 0 saturated carbocycles. The summed E-state index contributed by atoms with van der Waals surface area (Å²) in [5.74, 6) is 0. The van der Waals surface area contributed by atoms with Crippen LogP contribution in [0.1, 0.15) is 16.7 Å². The fourth-order valence-corrected chi connectivity index (χ4v) is 8.33. The number of benzene rings is 10. The Hall–Kier alpha value is -8.26. The van der Waals surface area contributed by atoms with Crippen molar-refractivity contribution in [3.8, 4) is 55.6 Å². The second kappa shape index (κ2) is 18.2. The predicted octanol–water partition coefficient (Wildman–Crippen LogP) is 17.1. The topological polar surface area (TPSA) is 3.24 Å². The molecule has 0 aliphatic carbocycles. The van der Waals surface area contributed by atoms with E-state index in [9.17, 15) is 0 Å². The summed E-state index contributed by atoms with van der Waals surface area (Å²) in [6.07, 6.45) is 2.31. The van der Waals surface area contributed by atoms with Crippen LogP contribution >= 0.6 is 0 Å². The molecular weight excluding hydrogens is 759 g/mol. The van der Waals surface area contributed by atoms with Crippen molar-refractivity contribution in [1.29, 1.82) is 0 Å². The van der Waals surface area contributed by atoms with Gasteiger partial charge in [0.2, 0.25) is 0 Å². The zero-order valence-electron chi connectivity index (χ0n) is 34.9. The third-order valence-corrected chi connectivity index (χ3v) is 11.8. The maximum atomic E-state index is 2.32. The predicted molar refractivity (Wildman–Crippen MR) is 268 cm³/mol. The van der Waals surface area contributed by atoms with Gasteiger partial charge in [-0.15, -0.1) is 0 Å². The number of rotatable bonds is 11. The van der Waals surface area contributed by atoms with Crippen molar-refractivity contribution in [2.24, 2.45) is 0 Å². The van der Waals surface area contributed by atoms with Crippen LogP contribution < -0.4 is 4.90 Å². The SMILES string of the molecule is C(=C(/c1ccc(-c2ccccc2)cc1)c1ccc(-c2ccc(N(c3ccccc3)c3ccc(-c4ccc(-c5ccccc5)cc4)cc3)cc2)cc1)/c1ccc(-c2ccccc2)cc1. The van der Waals surface area contributed by atoms with Gasteiger partial charge < -0.3 is 4.90 Å². The van der Waals surface area contributed by atoms with Gasteiger partial charge in [-0.05, 0) is 120 Å². The number of anilines is 3. The van der Waals surface area contributed by atoms with Crippen LogP contribution in [0.2, 0.25) is 0 Å². The van der Waals surface area contributed by atoms with E-state index in [1.165, 1.54) is 72.3 Å². The lowest BCUT2D eigenvalue weighted by Crippen LogP contribution is -2.09. The minimum atomic E-state index is 1.10. The Labute approximate surface area is 371 Å². The molecule has 10 aromatic carbocycles. The van der Waals surface area contributed by atoms with Crippen molar-refractivity contribution in [1.82, 2.24) is 0 Å². The van der Waals surface area contributed by atoms with Gasteiger partial charge in [-0.3, -0.25) is 0 Å². The van der Waals surface area contributed by atoms with E-state index in [0.29, 0.717) is 0 Å². The van der Waals surface area contributed by atoms with E-state index in [1.807, 2.05) is 0 Å². The molecule has 0 N–H and O–H groups in total. The fourth-order valence-electron chi connectivity index (χ4n) is 8.33. The van der Waals surface area contributed by atoms with E-state index in [0.717, 1.165) is 22.6 Å². The molecule has 1 heteroatoms. The summed E-state index contributed by atoms with van der Waals surface area (Å²) in [5, 5.41) is 0. The van der Waals surface area contributed by atoms with Gasteiger partial charge in [-0.25, -0.2) is 0 Å². The molecule has 0 atom stereocenters. The number of nitrogens with zero attached hydrogens (tertiary/aromatic N) is 1. The average Bonchev–Trinajstić information content (AvgIpc) is 3.38. The lowest BCUT2D eigenvalue weighted by atomic mass is 9.92. The van der Waals surface area contributed by atoms with Gasteiger partial charge in [0.05, 0.1) is 0 Å². The lowest BCUT2D eigenvalue weighted by molar-refractivity contribution is 1.28. The number of hydrogen-bond donors (Lipinski definition) is 0. The summed E-state index contributed by atoms with van der Waals surface area (Å²) in [7, 11) is 0. The zero-order valence-corrected chi connectivity index (χ0v) is 34.9. The van der Waals surface area contributed by atoms with Gasteiger partial charge in [0.25, 0.3) is 0 Å². The summed E-state index contributed by atoms with van der Waals surface area (Å²) < 4.78 is 0. The highest BCUT2D eigenvalue weighted by Crippen LogP contribution is 2.38. The Kier molecular flexibility index (Phi) is 11.2. The first kappa shape index (κ1) is 38.9. The molecule has 0 amide bonds. The molecule has 0 spiro atoms. The highest BCUT2D eigenvalue weighted by atomic mass is 15.1. The van der Waals surface area contributed by atoms with Crippen molar-refractivity contribution in [3.05, 3.63) is 284 Å². The van der Waals surface area contributed by atoms with Gasteiger partial charge in [-0.1, -0.05) is 231 Å². The molecule has 298 valence electrons. The van der Waals surface area contributed by atoms with E-state index in [4.69, 9.17) is 0 Å². The van der Waals surface area contributed by atoms with Crippen LogP contribution in [-0.4, -0.2) is 0 Å². The molecular formula is C62H45N. The van der Waals surface area contributed by atoms with Gasteiger partial charge >= 0.3 is 0 Å². The number of hydrogen-bond acceptors (Lipinski definition) is 1. The summed E-state index contributed by atoms with van der Waals surface area (Å²) in [5.41, 5.74) is 20.0. The lowest BCUT2D eigenvalue weighted by Gasteiger charge is -2.26. The summed E-state index contributed by atoms with van der Waals surface area (Å²) in [4.78, 5) is 2.32. The minimum absolute atomic E-state index is 1.10. The summed E-state index contributed by atoms with van der Waals surface area (Å²) in [6, 6.07) is 95.7. The van der Waals surface area contributed by atoms with Crippen LogP contribution in [-0.2, 0) is 0 Å². The van der Waals surface area contributed by atoms with Crippen LogP contribution in [0, 0.1) is 0 Å². The number of para-hydroxylation sites is 1. The van der Waals surface area contributed by atoms with Crippen molar-refractivity contribution in [3.63, 3.8) is 0 Å². The quantitative estimate of drug-likeness (QED) is 0.118. The Balaban J connectivity index is 0.922. The van der Waals surface area contributed by atoms with E-state index in [2.05, 4.69) is 278 Å². The van der Waals surface area contributed by atoms with E-state index < -0.39 is 0 Å². The highest BCUT2D eigenvalue weighted by Gasteiger charge is 2.14. The van der Waals surface area contributed by atoms with E-state index in [1.54, 1.807) is 0 Å². The fraction of sp³-hybridized carbons (Fsp3) is 0. The molecule has 63 heavy (non-hydrogen) atoms. The molecule has 0 fully saturated rings. The van der Waals surface area contributed by atoms with Gasteiger partial charge in [0.1, 0.15) is 0 Å². The summed E-state index contributed by atoms with van der Waals surface area (Å²) >= 11 is 0. The normalized spacial score (nSPS) is 11.3. The minimum Gasteiger partial charge on any atom is -0.311 e. The van der Waals surface area contributed by atoms with Gasteiger partial charge in [0, 0.05) is 17.1 Å². The molecule has 1 nitrogen and oxygen atoms in total. The Morgan fingerprint density at radius 1 is 0.222 bits per heavy atom. The van der Waals surface area contributed by atoms with Gasteiger partial charge in [0.15, 0.2) is 0 Å². The molecule has 10 rings (SSSR count). The van der Waals surface area contributed by atoms with E-state index >= 15 is 0 Å². The van der Waals surface area contributed by atoms with Crippen molar-refractivity contribution in [2.75, 3.05) is 4.90 Å². The molecule has 0 aliphatic heterocycles. The smallest absolute Gasteiger partial charge is 0.0462 e. The van der Waals surface area contributed by atoms with Crippen LogP contribution in [0.25, 0.3) is 67.3 Å². The van der Waals surface area contributed by atoms with E-state index in [-0.39, 0.29) is 0 Å². The largest absolute Gasteiger partial charge is 0.311 e. The Morgan fingerprint density at radius 3 is 0.794 bits per heavy atom. The Morgan fingerprint density at radius 2 is 0.460 bits per heavy atom. The van der Waals surface area contributed by atoms with Crippen LogP contribution in [0.15, 0.2) is 267 Å². The first-order chi connectivity index (χ1) is 31.2. The molecule has 0 aliphatic rings. The van der Waals surface area contributed by atoms with Crippen LogP contribution in [0.3, 0.4) is 0 Å². The molecule has 0 unspecified atom stereocenters. The maximum Gasteiger partial charge on any atom is 0.0462 e. The molecule has 0 aromatic heterocycles. The first-order valence-corrected chi connectivity index (χ1v) is 21.6. The van der Waals surface area contributed by atoms with Crippen molar-refractivity contribution < 1.29 is 0 Å². The monoisotopic (exact) mass is 803 g/mol. The second-order valence-corrected chi connectivity index (χ2v) is 15.8. The standard InChI is InChI=1S/C62H45N/c1-5-13-47(14-6-1)50-23-21-46(22-24-50)45-62(57-33-29-52(30-34-57)49-17-9-3-10-18-49)58-35-31-54(32-36-58)56-39-43-61(44-40-56)63(59-19-11-4-12-20-59)60-41-37-55(38-42-60)53-27-25-51(26-28-53)48-15-7-2-8-16-48/h1-45H/b62-45+. The Bertz CT molecular complexity index is 3050. The van der Waals surface area contributed by atoms with Crippen LogP contribution in [0.4, 0.5) is 17.1 Å².